The average Bonchev–Trinajstić information content (AvgIpc) is 3.38. The molecule has 1 atom stereocenters. The second kappa shape index (κ2) is 15.4. The molecule has 0 fully saturated rings. The van der Waals surface area contributed by atoms with E-state index in [1.807, 2.05) is 79.1 Å². The molecule has 0 radical (unpaired) electrons. The highest BCUT2D eigenvalue weighted by Crippen LogP contribution is 2.44. The minimum Gasteiger partial charge on any atom is -0.478 e. The van der Waals surface area contributed by atoms with Gasteiger partial charge < -0.3 is 37.1 Å². The molecule has 0 spiro atoms. The number of aromatic carboxylic acids is 1. The summed E-state index contributed by atoms with van der Waals surface area (Å²) in [4.78, 5) is 56.2. The molecule has 1 aromatic heterocycles. The monoisotopic (exact) mass is 637 g/mol. The molecular weight excluding hydrogens is 598 g/mol. The molecule has 244 valence electrons. The lowest BCUT2D eigenvalue weighted by Crippen LogP contribution is -2.43. The molecule has 0 bridgehead atoms. The third kappa shape index (κ3) is 8.42. The number of guanidine groups is 1. The first-order valence-corrected chi connectivity index (χ1v) is 15.1. The van der Waals surface area contributed by atoms with Crippen LogP contribution >= 0.6 is 0 Å². The standard InChI is InChI=1S/C35H39N7O5/c1-21(2)42-30(23-12-6-4-7-13-23)28(33(45)40-26-17-10-16-25(20-26)34(46)47)29(31(42)24-14-8-5-9-15-24)41-32(44)27(39-22(3)43)18-11-19-38-35(36)37/h4-10,12-17,20-21,27H,11,18-19H2,1-3H3,(H,39,43)(H,40,45)(H,41,44)(H,46,47)(H4,36,37,38). The van der Waals surface area contributed by atoms with Crippen LogP contribution in [0.5, 0.6) is 0 Å². The number of rotatable bonds is 13. The Labute approximate surface area is 272 Å². The summed E-state index contributed by atoms with van der Waals surface area (Å²) in [5, 5.41) is 18.1. The van der Waals surface area contributed by atoms with Crippen molar-refractivity contribution in [2.24, 2.45) is 16.5 Å². The number of carboxylic acids is 1. The van der Waals surface area contributed by atoms with Crippen molar-refractivity contribution in [3.8, 4) is 22.5 Å². The summed E-state index contributed by atoms with van der Waals surface area (Å²) in [6.07, 6.45) is 0.625. The van der Waals surface area contributed by atoms with Gasteiger partial charge in [0, 0.05) is 30.8 Å². The summed E-state index contributed by atoms with van der Waals surface area (Å²) in [7, 11) is 0. The van der Waals surface area contributed by atoms with Crippen LogP contribution < -0.4 is 27.4 Å². The first kappa shape index (κ1) is 34.0. The quantitative estimate of drug-likeness (QED) is 0.0685. The van der Waals surface area contributed by atoms with Crippen molar-refractivity contribution < 1.29 is 24.3 Å². The van der Waals surface area contributed by atoms with E-state index >= 15 is 0 Å². The Morgan fingerprint density at radius 3 is 2.02 bits per heavy atom. The number of aromatic nitrogens is 1. The van der Waals surface area contributed by atoms with Gasteiger partial charge in [-0.2, -0.15) is 0 Å². The summed E-state index contributed by atoms with van der Waals surface area (Å²) >= 11 is 0. The van der Waals surface area contributed by atoms with Gasteiger partial charge in [-0.25, -0.2) is 4.79 Å². The smallest absolute Gasteiger partial charge is 0.335 e. The number of amides is 3. The minimum absolute atomic E-state index is 0.00297. The Bertz CT molecular complexity index is 1780. The van der Waals surface area contributed by atoms with Crippen molar-refractivity contribution in [1.82, 2.24) is 9.88 Å². The van der Waals surface area contributed by atoms with Gasteiger partial charge in [-0.05, 0) is 50.5 Å². The zero-order valence-corrected chi connectivity index (χ0v) is 26.5. The number of nitrogens with one attached hydrogen (secondary N) is 3. The number of nitrogens with two attached hydrogens (primary N) is 2. The molecule has 47 heavy (non-hydrogen) atoms. The van der Waals surface area contributed by atoms with Crippen LogP contribution in [0.15, 0.2) is 89.9 Å². The van der Waals surface area contributed by atoms with E-state index in [-0.39, 0.29) is 47.5 Å². The molecule has 1 unspecified atom stereocenters. The van der Waals surface area contributed by atoms with Crippen molar-refractivity contribution in [3.63, 3.8) is 0 Å². The Morgan fingerprint density at radius 2 is 1.47 bits per heavy atom. The number of carbonyl (C=O) groups excluding carboxylic acids is 3. The predicted octanol–water partition coefficient (Wildman–Crippen LogP) is 4.85. The summed E-state index contributed by atoms with van der Waals surface area (Å²) in [6, 6.07) is 23.5. The molecule has 0 aliphatic rings. The molecule has 12 heteroatoms. The van der Waals surface area contributed by atoms with Gasteiger partial charge in [-0.3, -0.25) is 19.4 Å². The van der Waals surface area contributed by atoms with Crippen LogP contribution in [0.2, 0.25) is 0 Å². The number of carbonyl (C=O) groups is 4. The van der Waals surface area contributed by atoms with Gasteiger partial charge >= 0.3 is 5.97 Å². The molecule has 8 N–H and O–H groups in total. The normalized spacial score (nSPS) is 11.4. The molecule has 0 saturated heterocycles. The van der Waals surface area contributed by atoms with E-state index in [0.717, 1.165) is 11.1 Å². The Kier molecular flexibility index (Phi) is 11.1. The van der Waals surface area contributed by atoms with Crippen LogP contribution in [-0.4, -0.2) is 51.9 Å². The van der Waals surface area contributed by atoms with Gasteiger partial charge in [0.05, 0.1) is 28.2 Å². The number of benzene rings is 3. The highest BCUT2D eigenvalue weighted by molar-refractivity contribution is 6.17. The van der Waals surface area contributed by atoms with E-state index in [1.54, 1.807) is 6.07 Å². The molecule has 4 rings (SSSR count). The van der Waals surface area contributed by atoms with E-state index in [0.29, 0.717) is 17.8 Å². The lowest BCUT2D eigenvalue weighted by Gasteiger charge is -2.20. The molecule has 0 aliphatic carbocycles. The van der Waals surface area contributed by atoms with Gasteiger partial charge in [0.25, 0.3) is 5.91 Å². The third-order valence-corrected chi connectivity index (χ3v) is 7.30. The van der Waals surface area contributed by atoms with Crippen LogP contribution in [0.1, 0.15) is 60.4 Å². The van der Waals surface area contributed by atoms with Crippen LogP contribution in [-0.2, 0) is 9.59 Å². The molecular formula is C35H39N7O5. The SMILES string of the molecule is CC(=O)NC(CCCN=C(N)N)C(=O)Nc1c(C(=O)Nc2cccc(C(=O)O)c2)c(-c2ccccc2)n(C(C)C)c1-c1ccccc1. The number of hydrogen-bond donors (Lipinski definition) is 6. The molecule has 3 amide bonds. The number of anilines is 2. The van der Waals surface area contributed by atoms with Gasteiger partial charge in [-0.15, -0.1) is 0 Å². The van der Waals surface area contributed by atoms with Crippen molar-refractivity contribution >= 4 is 41.0 Å². The van der Waals surface area contributed by atoms with Gasteiger partial charge in [0.15, 0.2) is 5.96 Å². The van der Waals surface area contributed by atoms with E-state index in [9.17, 15) is 24.3 Å². The van der Waals surface area contributed by atoms with Gasteiger partial charge in [-0.1, -0.05) is 66.7 Å². The van der Waals surface area contributed by atoms with Crippen LogP contribution in [0.3, 0.4) is 0 Å². The second-order valence-corrected chi connectivity index (χ2v) is 11.2. The van der Waals surface area contributed by atoms with Crippen LogP contribution in [0, 0.1) is 0 Å². The maximum Gasteiger partial charge on any atom is 0.335 e. The lowest BCUT2D eigenvalue weighted by molar-refractivity contribution is -0.125. The van der Waals surface area contributed by atoms with Gasteiger partial charge in [0.1, 0.15) is 6.04 Å². The first-order chi connectivity index (χ1) is 22.5. The highest BCUT2D eigenvalue weighted by atomic mass is 16.4. The summed E-state index contributed by atoms with van der Waals surface area (Å²) in [6.45, 7) is 5.53. The van der Waals surface area contributed by atoms with E-state index in [2.05, 4.69) is 20.9 Å². The topological polar surface area (TPSA) is 194 Å². The van der Waals surface area contributed by atoms with Crippen LogP contribution in [0.25, 0.3) is 22.5 Å². The van der Waals surface area contributed by atoms with Crippen molar-refractivity contribution in [2.75, 3.05) is 17.2 Å². The largest absolute Gasteiger partial charge is 0.478 e. The molecule has 3 aromatic carbocycles. The fourth-order valence-corrected chi connectivity index (χ4v) is 5.36. The molecule has 4 aromatic rings. The maximum atomic E-state index is 14.4. The summed E-state index contributed by atoms with van der Waals surface area (Å²) in [5.74, 6) is -2.73. The number of carboxylic acid groups (broad SMARTS) is 1. The number of aliphatic imine (C=N–C) groups is 1. The van der Waals surface area contributed by atoms with Crippen LogP contribution in [0.4, 0.5) is 11.4 Å². The zero-order chi connectivity index (χ0) is 34.1. The van der Waals surface area contributed by atoms with Crippen molar-refractivity contribution in [2.45, 2.75) is 45.7 Å². The average molecular weight is 638 g/mol. The third-order valence-electron chi connectivity index (χ3n) is 7.30. The van der Waals surface area contributed by atoms with Crippen molar-refractivity contribution in [3.05, 3.63) is 96.1 Å². The fourth-order valence-electron chi connectivity index (χ4n) is 5.36. The molecule has 12 nitrogen and oxygen atoms in total. The molecule has 1 heterocycles. The minimum atomic E-state index is -1.14. The summed E-state index contributed by atoms with van der Waals surface area (Å²) < 4.78 is 2.00. The van der Waals surface area contributed by atoms with Crippen molar-refractivity contribution in [1.29, 1.82) is 0 Å². The Morgan fingerprint density at radius 1 is 0.851 bits per heavy atom. The Hall–Kier alpha value is -5.91. The zero-order valence-electron chi connectivity index (χ0n) is 26.5. The first-order valence-electron chi connectivity index (χ1n) is 15.1. The summed E-state index contributed by atoms with van der Waals surface area (Å²) in [5.41, 5.74) is 14.2. The van der Waals surface area contributed by atoms with Gasteiger partial charge in [0.2, 0.25) is 11.8 Å². The number of hydrogen-bond acceptors (Lipinski definition) is 5. The van der Waals surface area contributed by atoms with E-state index in [4.69, 9.17) is 11.5 Å². The molecule has 0 saturated carbocycles. The second-order valence-electron chi connectivity index (χ2n) is 11.2. The highest BCUT2D eigenvalue weighted by Gasteiger charge is 2.32. The maximum absolute atomic E-state index is 14.4. The Balaban J connectivity index is 1.94. The van der Waals surface area contributed by atoms with E-state index < -0.39 is 29.7 Å². The molecule has 0 aliphatic heterocycles. The fraction of sp³-hybridized carbons (Fsp3) is 0.229. The lowest BCUT2D eigenvalue weighted by atomic mass is 10.0. The van der Waals surface area contributed by atoms with E-state index in [1.165, 1.54) is 25.1 Å². The number of nitrogens with zero attached hydrogens (tertiary/aromatic N) is 2. The predicted molar refractivity (Wildman–Crippen MR) is 183 cm³/mol.